The van der Waals surface area contributed by atoms with Crippen LogP contribution in [0.5, 0.6) is 0 Å². The first-order chi connectivity index (χ1) is 8.54. The van der Waals surface area contributed by atoms with Crippen LogP contribution in [0.15, 0.2) is 0 Å². The highest BCUT2D eigenvalue weighted by Crippen LogP contribution is 2.15. The molecule has 0 radical (unpaired) electrons. The molecule has 0 spiro atoms. The Kier molecular flexibility index (Phi) is 6.12. The predicted octanol–water partition coefficient (Wildman–Crippen LogP) is 0.359. The van der Waals surface area contributed by atoms with E-state index in [2.05, 4.69) is 22.5 Å². The molecule has 1 atom stereocenters. The first-order valence-corrected chi connectivity index (χ1v) is 6.84. The first kappa shape index (κ1) is 15.0. The molecule has 2 amide bonds. The summed E-state index contributed by atoms with van der Waals surface area (Å²) in [6.07, 6.45) is 2.27. The van der Waals surface area contributed by atoms with Gasteiger partial charge in [-0.2, -0.15) is 0 Å². The second-order valence-electron chi connectivity index (χ2n) is 5.24. The largest absolute Gasteiger partial charge is 0.348 e. The third-order valence-corrected chi connectivity index (χ3v) is 3.28. The Morgan fingerprint density at radius 2 is 1.94 bits per heavy atom. The fraction of sp³-hybridized carbons (Fsp3) is 0.846. The molecule has 18 heavy (non-hydrogen) atoms. The number of nitrogens with one attached hydrogen (secondary N) is 2. The van der Waals surface area contributed by atoms with Gasteiger partial charge in [-0.15, -0.1) is 0 Å². The summed E-state index contributed by atoms with van der Waals surface area (Å²) in [4.78, 5) is 25.4. The van der Waals surface area contributed by atoms with Crippen molar-refractivity contribution in [2.24, 2.45) is 5.92 Å². The van der Waals surface area contributed by atoms with Gasteiger partial charge < -0.3 is 10.6 Å². The minimum Gasteiger partial charge on any atom is -0.348 e. The van der Waals surface area contributed by atoms with Crippen LogP contribution in [0.2, 0.25) is 0 Å². The summed E-state index contributed by atoms with van der Waals surface area (Å²) in [7, 11) is 0. The van der Waals surface area contributed by atoms with E-state index in [4.69, 9.17) is 0 Å². The number of hydrogen-bond acceptors (Lipinski definition) is 3. The van der Waals surface area contributed by atoms with Crippen molar-refractivity contribution in [1.29, 1.82) is 0 Å². The summed E-state index contributed by atoms with van der Waals surface area (Å²) < 4.78 is 0. The molecular formula is C13H25N3O2. The molecule has 104 valence electrons. The second-order valence-corrected chi connectivity index (χ2v) is 5.24. The highest BCUT2D eigenvalue weighted by molar-refractivity contribution is 6.35. The van der Waals surface area contributed by atoms with Crippen LogP contribution >= 0.6 is 0 Å². The maximum Gasteiger partial charge on any atom is 0.309 e. The Morgan fingerprint density at radius 3 is 2.56 bits per heavy atom. The molecule has 1 saturated heterocycles. The van der Waals surface area contributed by atoms with Crippen molar-refractivity contribution in [3.8, 4) is 0 Å². The summed E-state index contributed by atoms with van der Waals surface area (Å²) >= 11 is 0. The van der Waals surface area contributed by atoms with E-state index in [1.54, 1.807) is 0 Å². The molecule has 1 rings (SSSR count). The van der Waals surface area contributed by atoms with E-state index in [1.807, 2.05) is 13.8 Å². The summed E-state index contributed by atoms with van der Waals surface area (Å²) in [6, 6.07) is 0.386. The smallest absolute Gasteiger partial charge is 0.309 e. The Balaban J connectivity index is 2.25. The van der Waals surface area contributed by atoms with Crippen molar-refractivity contribution < 1.29 is 9.59 Å². The van der Waals surface area contributed by atoms with Gasteiger partial charge in [-0.1, -0.05) is 20.8 Å². The van der Waals surface area contributed by atoms with Gasteiger partial charge in [0.05, 0.1) is 0 Å². The van der Waals surface area contributed by atoms with Crippen LogP contribution in [0.25, 0.3) is 0 Å². The lowest BCUT2D eigenvalue weighted by atomic mass is 10.2. The number of likely N-dealkylation sites (tertiary alicyclic amines) is 1. The first-order valence-electron chi connectivity index (χ1n) is 6.84. The van der Waals surface area contributed by atoms with Crippen molar-refractivity contribution in [2.45, 2.75) is 39.7 Å². The fourth-order valence-corrected chi connectivity index (χ4v) is 2.21. The van der Waals surface area contributed by atoms with Crippen LogP contribution < -0.4 is 10.6 Å². The molecule has 0 aromatic rings. The molecule has 0 unspecified atom stereocenters. The maximum absolute atomic E-state index is 11.6. The molecule has 1 aliphatic rings. The van der Waals surface area contributed by atoms with E-state index < -0.39 is 11.8 Å². The highest BCUT2D eigenvalue weighted by Gasteiger charge is 2.24. The van der Waals surface area contributed by atoms with Gasteiger partial charge in [0.15, 0.2) is 0 Å². The van der Waals surface area contributed by atoms with Crippen LogP contribution in [0.4, 0.5) is 0 Å². The quantitative estimate of drug-likeness (QED) is 0.697. The Labute approximate surface area is 109 Å². The van der Waals surface area contributed by atoms with E-state index in [0.29, 0.717) is 25.0 Å². The lowest BCUT2D eigenvalue weighted by molar-refractivity contribution is -0.139. The van der Waals surface area contributed by atoms with Crippen LogP contribution in [0, 0.1) is 5.92 Å². The van der Waals surface area contributed by atoms with Gasteiger partial charge in [-0.25, -0.2) is 0 Å². The molecule has 1 fully saturated rings. The monoisotopic (exact) mass is 255 g/mol. The topological polar surface area (TPSA) is 61.4 Å². The summed E-state index contributed by atoms with van der Waals surface area (Å²) in [5, 5.41) is 5.34. The van der Waals surface area contributed by atoms with Crippen molar-refractivity contribution in [2.75, 3.05) is 26.2 Å². The van der Waals surface area contributed by atoms with Gasteiger partial charge in [-0.3, -0.25) is 14.5 Å². The van der Waals surface area contributed by atoms with Crippen LogP contribution in [-0.4, -0.2) is 48.9 Å². The van der Waals surface area contributed by atoms with E-state index >= 15 is 0 Å². The highest BCUT2D eigenvalue weighted by atomic mass is 16.2. The third kappa shape index (κ3) is 4.64. The normalized spacial score (nSPS) is 20.1. The van der Waals surface area contributed by atoms with Gasteiger partial charge in [0.1, 0.15) is 0 Å². The zero-order chi connectivity index (χ0) is 13.5. The summed E-state index contributed by atoms with van der Waals surface area (Å²) in [5.41, 5.74) is 0. The molecule has 0 bridgehead atoms. The lowest BCUT2D eigenvalue weighted by Crippen LogP contribution is -2.46. The van der Waals surface area contributed by atoms with E-state index in [-0.39, 0.29) is 0 Å². The average Bonchev–Trinajstić information content (AvgIpc) is 2.80. The van der Waals surface area contributed by atoms with Gasteiger partial charge in [0.2, 0.25) is 0 Å². The van der Waals surface area contributed by atoms with Gasteiger partial charge >= 0.3 is 11.8 Å². The minimum absolute atomic E-state index is 0.354. The SMILES string of the molecule is CCN1CCC[C@H]1CNC(=O)C(=O)NCC(C)C. The Bertz CT molecular complexity index is 292. The van der Waals surface area contributed by atoms with E-state index in [1.165, 1.54) is 6.42 Å². The molecule has 1 heterocycles. The minimum atomic E-state index is -0.523. The average molecular weight is 255 g/mol. The molecule has 2 N–H and O–H groups in total. The van der Waals surface area contributed by atoms with Gasteiger partial charge in [0, 0.05) is 19.1 Å². The molecule has 0 aromatic carbocycles. The second kappa shape index (κ2) is 7.36. The zero-order valence-electron chi connectivity index (χ0n) is 11.7. The van der Waals surface area contributed by atoms with E-state index in [9.17, 15) is 9.59 Å². The van der Waals surface area contributed by atoms with E-state index in [0.717, 1.165) is 19.5 Å². The summed E-state index contributed by atoms with van der Waals surface area (Å²) in [5.74, 6) is -0.685. The molecular weight excluding hydrogens is 230 g/mol. The van der Waals surface area contributed by atoms with Gasteiger partial charge in [-0.05, 0) is 31.8 Å². The fourth-order valence-electron chi connectivity index (χ4n) is 2.21. The van der Waals surface area contributed by atoms with Crippen molar-refractivity contribution >= 4 is 11.8 Å². The van der Waals surface area contributed by atoms with Gasteiger partial charge in [0.25, 0.3) is 0 Å². The molecule has 1 aliphatic heterocycles. The number of rotatable bonds is 5. The third-order valence-electron chi connectivity index (χ3n) is 3.28. The lowest BCUT2D eigenvalue weighted by Gasteiger charge is -2.22. The summed E-state index contributed by atoms with van der Waals surface area (Å²) in [6.45, 7) is 9.32. The maximum atomic E-state index is 11.6. The van der Waals surface area contributed by atoms with Crippen LogP contribution in [0.3, 0.4) is 0 Å². The molecule has 5 nitrogen and oxygen atoms in total. The molecule has 0 saturated carbocycles. The number of amides is 2. The van der Waals surface area contributed by atoms with Crippen molar-refractivity contribution in [3.05, 3.63) is 0 Å². The molecule has 0 aliphatic carbocycles. The van der Waals surface area contributed by atoms with Crippen molar-refractivity contribution in [1.82, 2.24) is 15.5 Å². The van der Waals surface area contributed by atoms with Crippen LogP contribution in [0.1, 0.15) is 33.6 Å². The Morgan fingerprint density at radius 1 is 1.28 bits per heavy atom. The molecule has 5 heteroatoms. The number of carbonyl (C=O) groups excluding carboxylic acids is 2. The Hall–Kier alpha value is -1.10. The standard InChI is InChI=1S/C13H25N3O2/c1-4-16-7-5-6-11(16)9-15-13(18)12(17)14-8-10(2)3/h10-11H,4-9H2,1-3H3,(H,14,17)(H,15,18)/t11-/m0/s1. The predicted molar refractivity (Wildman–Crippen MR) is 71.1 cm³/mol. The number of carbonyl (C=O) groups is 2. The number of nitrogens with zero attached hydrogens (tertiary/aromatic N) is 1. The van der Waals surface area contributed by atoms with Crippen LogP contribution in [-0.2, 0) is 9.59 Å². The molecule has 0 aromatic heterocycles. The zero-order valence-corrected chi connectivity index (χ0v) is 11.7. The number of hydrogen-bond donors (Lipinski definition) is 2. The number of likely N-dealkylation sites (N-methyl/N-ethyl adjacent to an activating group) is 1. The van der Waals surface area contributed by atoms with Crippen molar-refractivity contribution in [3.63, 3.8) is 0 Å².